The van der Waals surface area contributed by atoms with Crippen LogP contribution in [0.4, 0.5) is 0 Å². The molecule has 2 atom stereocenters. The first-order valence-corrected chi connectivity index (χ1v) is 5.92. The first-order chi connectivity index (χ1) is 7.35. The van der Waals surface area contributed by atoms with Crippen LogP contribution in [0.5, 0.6) is 0 Å². The molecule has 6 heteroatoms. The van der Waals surface area contributed by atoms with Gasteiger partial charge in [-0.1, -0.05) is 52.5 Å². The molecule has 0 aliphatic heterocycles. The molecular formula is C10H6Cl4O2. The van der Waals surface area contributed by atoms with E-state index in [0.29, 0.717) is 15.6 Å². The third-order valence-electron chi connectivity index (χ3n) is 2.62. The minimum atomic E-state index is -1.26. The van der Waals surface area contributed by atoms with E-state index in [1.807, 2.05) is 0 Å². The molecule has 1 aromatic rings. The number of alkyl halides is 2. The van der Waals surface area contributed by atoms with Gasteiger partial charge >= 0.3 is 5.97 Å². The van der Waals surface area contributed by atoms with E-state index in [4.69, 9.17) is 51.5 Å². The molecule has 0 amide bonds. The Morgan fingerprint density at radius 3 is 2.31 bits per heavy atom. The average Bonchev–Trinajstić information content (AvgIpc) is 2.74. The lowest BCUT2D eigenvalue weighted by molar-refractivity contribution is -0.138. The molecule has 1 aliphatic rings. The number of carbonyl (C=O) groups is 1. The second-order valence-electron chi connectivity index (χ2n) is 3.64. The highest BCUT2D eigenvalue weighted by Gasteiger charge is 2.68. The first-order valence-electron chi connectivity index (χ1n) is 4.41. The highest BCUT2D eigenvalue weighted by molar-refractivity contribution is 6.53. The van der Waals surface area contributed by atoms with Crippen molar-refractivity contribution in [3.63, 3.8) is 0 Å². The Bertz CT molecular complexity index is 458. The van der Waals surface area contributed by atoms with Crippen molar-refractivity contribution in [3.8, 4) is 0 Å². The van der Waals surface area contributed by atoms with Crippen LogP contribution in [0.1, 0.15) is 11.5 Å². The second-order valence-corrected chi connectivity index (χ2v) is 5.90. The number of benzene rings is 1. The molecule has 0 bridgehead atoms. The maximum Gasteiger partial charge on any atom is 0.310 e. The largest absolute Gasteiger partial charge is 0.481 e. The Balaban J connectivity index is 2.33. The molecular weight excluding hydrogens is 294 g/mol. The van der Waals surface area contributed by atoms with Crippen LogP contribution in [-0.4, -0.2) is 15.4 Å². The number of rotatable bonds is 2. The predicted octanol–water partition coefficient (Wildman–Crippen LogP) is 3.97. The van der Waals surface area contributed by atoms with Gasteiger partial charge in [-0.15, -0.1) is 0 Å². The van der Waals surface area contributed by atoms with Gasteiger partial charge in [0, 0.05) is 5.92 Å². The fraction of sp³-hybridized carbons (Fsp3) is 0.300. The van der Waals surface area contributed by atoms with E-state index in [-0.39, 0.29) is 0 Å². The van der Waals surface area contributed by atoms with Crippen LogP contribution in [0.3, 0.4) is 0 Å². The summed E-state index contributed by atoms with van der Waals surface area (Å²) in [6, 6.07) is 4.87. The summed E-state index contributed by atoms with van der Waals surface area (Å²) in [4.78, 5) is 10.9. The van der Waals surface area contributed by atoms with Gasteiger partial charge in [-0.3, -0.25) is 4.79 Å². The van der Waals surface area contributed by atoms with Gasteiger partial charge in [-0.05, 0) is 17.7 Å². The van der Waals surface area contributed by atoms with Crippen LogP contribution in [0.15, 0.2) is 18.2 Å². The molecule has 1 fully saturated rings. The van der Waals surface area contributed by atoms with E-state index in [1.54, 1.807) is 18.2 Å². The summed E-state index contributed by atoms with van der Waals surface area (Å²) in [5, 5.41) is 9.69. The van der Waals surface area contributed by atoms with Crippen LogP contribution in [0.25, 0.3) is 0 Å². The minimum absolute atomic E-state index is 0.360. The van der Waals surface area contributed by atoms with Crippen molar-refractivity contribution in [1.29, 1.82) is 0 Å². The van der Waals surface area contributed by atoms with Gasteiger partial charge in [-0.2, -0.15) is 0 Å². The molecule has 0 spiro atoms. The Hall–Kier alpha value is -0.150. The molecule has 0 aromatic heterocycles. The third-order valence-corrected chi connectivity index (χ3v) is 4.30. The van der Waals surface area contributed by atoms with Gasteiger partial charge < -0.3 is 5.11 Å². The number of hydrogen-bond acceptors (Lipinski definition) is 1. The highest BCUT2D eigenvalue weighted by atomic mass is 35.5. The van der Waals surface area contributed by atoms with E-state index >= 15 is 0 Å². The van der Waals surface area contributed by atoms with Crippen molar-refractivity contribution in [2.75, 3.05) is 0 Å². The molecule has 1 aliphatic carbocycles. The van der Waals surface area contributed by atoms with Crippen molar-refractivity contribution in [2.24, 2.45) is 5.92 Å². The van der Waals surface area contributed by atoms with Crippen LogP contribution < -0.4 is 0 Å². The van der Waals surface area contributed by atoms with Crippen molar-refractivity contribution in [2.45, 2.75) is 10.3 Å². The van der Waals surface area contributed by atoms with Crippen molar-refractivity contribution in [1.82, 2.24) is 0 Å². The lowest BCUT2D eigenvalue weighted by Crippen LogP contribution is -2.03. The van der Waals surface area contributed by atoms with Gasteiger partial charge in [0.1, 0.15) is 4.33 Å². The summed E-state index contributed by atoms with van der Waals surface area (Å²) < 4.78 is -1.26. The van der Waals surface area contributed by atoms with Crippen molar-refractivity contribution in [3.05, 3.63) is 33.8 Å². The van der Waals surface area contributed by atoms with Gasteiger partial charge in [-0.25, -0.2) is 0 Å². The molecule has 2 nitrogen and oxygen atoms in total. The van der Waals surface area contributed by atoms with Crippen LogP contribution in [0.2, 0.25) is 10.0 Å². The van der Waals surface area contributed by atoms with Gasteiger partial charge in [0.2, 0.25) is 0 Å². The standard InChI is InChI=1S/C10H6Cl4O2/c11-5-2-1-4(3-6(5)12)7-8(9(15)16)10(7,13)14/h1-3,7-8H,(H,15,16)/t7-,8?/m0/s1. The lowest BCUT2D eigenvalue weighted by atomic mass is 10.1. The van der Waals surface area contributed by atoms with E-state index in [0.717, 1.165) is 0 Å². The fourth-order valence-electron chi connectivity index (χ4n) is 1.75. The second kappa shape index (κ2) is 3.95. The zero-order valence-corrected chi connectivity index (χ0v) is 10.8. The van der Waals surface area contributed by atoms with Crippen LogP contribution >= 0.6 is 46.4 Å². The number of halogens is 4. The van der Waals surface area contributed by atoms with Gasteiger partial charge in [0.25, 0.3) is 0 Å². The van der Waals surface area contributed by atoms with E-state index < -0.39 is 22.1 Å². The number of aliphatic carboxylic acids is 1. The van der Waals surface area contributed by atoms with E-state index in [9.17, 15) is 4.79 Å². The number of hydrogen-bond donors (Lipinski definition) is 1. The molecule has 1 N–H and O–H groups in total. The summed E-state index contributed by atoms with van der Waals surface area (Å²) in [6.07, 6.45) is 0. The first kappa shape index (κ1) is 12.3. The smallest absolute Gasteiger partial charge is 0.310 e. The normalized spacial score (nSPS) is 26.5. The Morgan fingerprint density at radius 2 is 1.88 bits per heavy atom. The molecule has 0 saturated heterocycles. The fourth-order valence-corrected chi connectivity index (χ4v) is 2.88. The topological polar surface area (TPSA) is 37.3 Å². The Labute approximate surface area is 112 Å². The predicted molar refractivity (Wildman–Crippen MR) is 64.8 cm³/mol. The molecule has 86 valence electrons. The number of carboxylic acid groups (broad SMARTS) is 1. The monoisotopic (exact) mass is 298 g/mol. The SMILES string of the molecule is O=C(O)C1[C@H](c2ccc(Cl)c(Cl)c2)C1(Cl)Cl. The van der Waals surface area contributed by atoms with Crippen molar-refractivity contribution < 1.29 is 9.90 Å². The third kappa shape index (κ3) is 1.88. The molecule has 1 aromatic carbocycles. The Morgan fingerprint density at radius 1 is 1.25 bits per heavy atom. The molecule has 1 unspecified atom stereocenters. The van der Waals surface area contributed by atoms with Crippen LogP contribution in [-0.2, 0) is 4.79 Å². The van der Waals surface area contributed by atoms with Crippen molar-refractivity contribution >= 4 is 52.4 Å². The van der Waals surface area contributed by atoms with Gasteiger partial charge in [0.05, 0.1) is 16.0 Å². The molecule has 0 heterocycles. The van der Waals surface area contributed by atoms with Crippen LogP contribution in [0, 0.1) is 5.92 Å². The highest BCUT2D eigenvalue weighted by Crippen LogP contribution is 2.65. The molecule has 0 radical (unpaired) electrons. The lowest BCUT2D eigenvalue weighted by Gasteiger charge is -2.02. The zero-order valence-electron chi connectivity index (χ0n) is 7.75. The average molecular weight is 300 g/mol. The summed E-state index contributed by atoms with van der Waals surface area (Å²) in [5.41, 5.74) is 0.687. The quantitative estimate of drug-likeness (QED) is 0.839. The maximum atomic E-state index is 10.9. The summed E-state index contributed by atoms with van der Waals surface area (Å²) >= 11 is 23.4. The molecule has 2 rings (SSSR count). The van der Waals surface area contributed by atoms with E-state index in [2.05, 4.69) is 0 Å². The summed E-state index contributed by atoms with van der Waals surface area (Å²) in [5.74, 6) is -2.25. The summed E-state index contributed by atoms with van der Waals surface area (Å²) in [6.45, 7) is 0. The molecule has 1 saturated carbocycles. The minimum Gasteiger partial charge on any atom is -0.481 e. The maximum absolute atomic E-state index is 10.9. The van der Waals surface area contributed by atoms with Gasteiger partial charge in [0.15, 0.2) is 0 Å². The summed E-state index contributed by atoms with van der Waals surface area (Å²) in [7, 11) is 0. The zero-order chi connectivity index (χ0) is 12.1. The van der Waals surface area contributed by atoms with E-state index in [1.165, 1.54) is 0 Å². The number of carboxylic acids is 1. The Kier molecular flexibility index (Phi) is 3.04. The molecule has 16 heavy (non-hydrogen) atoms.